The van der Waals surface area contributed by atoms with Crippen LogP contribution in [-0.4, -0.2) is 43.3 Å². The van der Waals surface area contributed by atoms with E-state index in [9.17, 15) is 19.8 Å². The van der Waals surface area contributed by atoms with Gasteiger partial charge in [0, 0.05) is 12.4 Å². The van der Waals surface area contributed by atoms with Crippen LogP contribution in [0.1, 0.15) is 27.7 Å². The maximum Gasteiger partial charge on any atom is 2.00 e. The minimum Gasteiger partial charge on any atom is -0.547 e. The van der Waals surface area contributed by atoms with Crippen LogP contribution in [0.2, 0.25) is 0 Å². The molecule has 1 rings (SSSR count). The minimum absolute atomic E-state index is 0. The summed E-state index contributed by atoms with van der Waals surface area (Å²) in [6.45, 7) is 4.62. The van der Waals surface area contributed by atoms with E-state index >= 15 is 0 Å². The Balaban J connectivity index is -0.000000214. The molecule has 0 aliphatic rings. The molecule has 0 unspecified atom stereocenters. The second kappa shape index (κ2) is 10.4. The maximum atomic E-state index is 9.66. The van der Waals surface area contributed by atoms with Crippen molar-refractivity contribution >= 4 is 11.9 Å². The standard InChI is InChI=1S/2C4H8O3.C3H4N2.Cu/c2*1-4(2,7)3(5)6;1-2-5-3-4-1;/h2*7H,1-2H3,(H,5,6);1-3H,(H,4,5);/q;;;+2/p-2. The van der Waals surface area contributed by atoms with Gasteiger partial charge in [-0.15, -0.1) is 0 Å². The van der Waals surface area contributed by atoms with Crippen LogP contribution in [-0.2, 0) is 26.7 Å². The van der Waals surface area contributed by atoms with Crippen LogP contribution in [0.25, 0.3) is 0 Å². The normalized spacial score (nSPS) is 9.90. The van der Waals surface area contributed by atoms with Crippen molar-refractivity contribution in [3.8, 4) is 0 Å². The average Bonchev–Trinajstić information content (AvgIpc) is 2.72. The number of carboxylic acid groups (broad SMARTS) is 2. The summed E-state index contributed by atoms with van der Waals surface area (Å²) in [5.74, 6) is -2.90. The van der Waals surface area contributed by atoms with Crippen LogP contribution in [0, 0.1) is 0 Å². The third kappa shape index (κ3) is 16.6. The molecular weight excluding hydrogens is 320 g/mol. The zero-order valence-corrected chi connectivity index (χ0v) is 12.4. The first-order valence-corrected chi connectivity index (χ1v) is 5.19. The smallest absolute Gasteiger partial charge is 0.547 e. The first-order chi connectivity index (χ1) is 8.39. The van der Waals surface area contributed by atoms with Crippen molar-refractivity contribution in [2.24, 2.45) is 0 Å². The summed E-state index contributed by atoms with van der Waals surface area (Å²) in [6, 6.07) is 0. The molecule has 0 spiro atoms. The Kier molecular flexibility index (Phi) is 12.3. The third-order valence-corrected chi connectivity index (χ3v) is 1.40. The van der Waals surface area contributed by atoms with Gasteiger partial charge in [-0.05, 0) is 27.7 Å². The van der Waals surface area contributed by atoms with Crippen LogP contribution >= 0.6 is 0 Å². The van der Waals surface area contributed by atoms with E-state index in [1.807, 2.05) is 0 Å². The number of carbonyl (C=O) groups excluding carboxylic acids is 2. The van der Waals surface area contributed by atoms with E-state index in [2.05, 4.69) is 9.97 Å². The monoisotopic (exact) mass is 337 g/mol. The molecule has 1 radical (unpaired) electrons. The molecule has 1 heterocycles. The van der Waals surface area contributed by atoms with E-state index in [0.29, 0.717) is 0 Å². The van der Waals surface area contributed by atoms with Gasteiger partial charge in [-0.2, -0.15) is 0 Å². The Morgan fingerprint density at radius 2 is 1.35 bits per heavy atom. The quantitative estimate of drug-likeness (QED) is 0.501. The number of carboxylic acids is 2. The van der Waals surface area contributed by atoms with Gasteiger partial charge in [-0.3, -0.25) is 0 Å². The van der Waals surface area contributed by atoms with Crippen molar-refractivity contribution in [2.45, 2.75) is 38.9 Å². The van der Waals surface area contributed by atoms with Gasteiger partial charge in [-0.1, -0.05) is 0 Å². The molecule has 0 aliphatic carbocycles. The fourth-order valence-electron chi connectivity index (χ4n) is 0.215. The number of hydrogen-bond donors (Lipinski definition) is 3. The van der Waals surface area contributed by atoms with Crippen molar-refractivity contribution in [1.82, 2.24) is 9.97 Å². The van der Waals surface area contributed by atoms with Gasteiger partial charge in [0.1, 0.15) is 0 Å². The number of aliphatic hydroxyl groups is 2. The molecule has 0 aliphatic heterocycles. The van der Waals surface area contributed by atoms with E-state index in [4.69, 9.17) is 10.2 Å². The molecule has 0 aromatic carbocycles. The largest absolute Gasteiger partial charge is 2.00 e. The van der Waals surface area contributed by atoms with Gasteiger partial charge in [0.2, 0.25) is 0 Å². The topological polar surface area (TPSA) is 149 Å². The summed E-state index contributed by atoms with van der Waals surface area (Å²) in [5, 5.41) is 36.2. The van der Waals surface area contributed by atoms with Gasteiger partial charge >= 0.3 is 17.1 Å². The Bertz CT molecular complexity index is 326. The number of H-pyrrole nitrogens is 1. The third-order valence-electron chi connectivity index (χ3n) is 1.40. The number of carbonyl (C=O) groups is 2. The van der Waals surface area contributed by atoms with E-state index < -0.39 is 23.1 Å². The van der Waals surface area contributed by atoms with Crippen molar-refractivity contribution in [3.63, 3.8) is 0 Å². The molecule has 1 aromatic heterocycles. The number of rotatable bonds is 2. The van der Waals surface area contributed by atoms with Crippen LogP contribution in [0.15, 0.2) is 18.7 Å². The first-order valence-electron chi connectivity index (χ1n) is 5.19. The van der Waals surface area contributed by atoms with Gasteiger partial charge < -0.3 is 35.0 Å². The number of hydrogen-bond acceptors (Lipinski definition) is 7. The molecule has 0 saturated carbocycles. The Labute approximate surface area is 127 Å². The average molecular weight is 338 g/mol. The van der Waals surface area contributed by atoms with Gasteiger partial charge in [0.15, 0.2) is 0 Å². The number of nitrogens with zero attached hydrogens (tertiary/aromatic N) is 1. The van der Waals surface area contributed by atoms with Crippen molar-refractivity contribution in [1.29, 1.82) is 0 Å². The van der Waals surface area contributed by atoms with Crippen LogP contribution in [0.4, 0.5) is 0 Å². The summed E-state index contributed by atoms with van der Waals surface area (Å²) < 4.78 is 0. The van der Waals surface area contributed by atoms with E-state index in [0.717, 1.165) is 27.7 Å². The maximum absolute atomic E-state index is 9.66. The predicted octanol–water partition coefficient (Wildman–Crippen LogP) is -2.58. The van der Waals surface area contributed by atoms with Crippen molar-refractivity contribution in [2.75, 3.05) is 0 Å². The molecule has 0 bridgehead atoms. The predicted molar refractivity (Wildman–Crippen MR) is 61.2 cm³/mol. The molecule has 20 heavy (non-hydrogen) atoms. The zero-order chi connectivity index (χ0) is 15.7. The summed E-state index contributed by atoms with van der Waals surface area (Å²) >= 11 is 0. The first kappa shape index (κ1) is 23.7. The van der Waals surface area contributed by atoms with Gasteiger partial charge in [0.25, 0.3) is 0 Å². The molecule has 1 aromatic rings. The molecule has 9 heteroatoms. The summed E-state index contributed by atoms with van der Waals surface area (Å²) in [6.07, 6.45) is 5.08. The summed E-state index contributed by atoms with van der Waals surface area (Å²) in [4.78, 5) is 25.7. The molecule has 119 valence electrons. The van der Waals surface area contributed by atoms with E-state index in [1.165, 1.54) is 0 Å². The Hall–Kier alpha value is -1.41. The number of aromatic amines is 1. The number of nitrogens with one attached hydrogen (secondary N) is 1. The van der Waals surface area contributed by atoms with Crippen molar-refractivity contribution in [3.05, 3.63) is 18.7 Å². The molecule has 8 nitrogen and oxygen atoms in total. The van der Waals surface area contributed by atoms with Crippen LogP contribution in [0.3, 0.4) is 0 Å². The van der Waals surface area contributed by atoms with Gasteiger partial charge in [-0.25, -0.2) is 4.98 Å². The molecule has 3 N–H and O–H groups in total. The number of imidazole rings is 1. The van der Waals surface area contributed by atoms with E-state index in [-0.39, 0.29) is 17.1 Å². The summed E-state index contributed by atoms with van der Waals surface area (Å²) in [5.41, 5.74) is -3.39. The van der Waals surface area contributed by atoms with Crippen molar-refractivity contribution < 1.29 is 47.1 Å². The van der Waals surface area contributed by atoms with E-state index in [1.54, 1.807) is 18.7 Å². The second-order valence-corrected chi connectivity index (χ2v) is 4.45. The molecular formula is C11H18CuN2O6. The fraction of sp³-hybridized carbons (Fsp3) is 0.545. The molecule has 0 amide bonds. The Morgan fingerprint density at radius 1 is 1.05 bits per heavy atom. The number of aromatic nitrogens is 2. The Morgan fingerprint density at radius 3 is 1.40 bits per heavy atom. The summed E-state index contributed by atoms with van der Waals surface area (Å²) in [7, 11) is 0. The SMILES string of the molecule is CC(C)(O)C(=O)[O-].CC(C)(O)C(=O)[O-].[Cu+2].c1c[nH]cn1. The van der Waals surface area contributed by atoms with Gasteiger partial charge in [0.05, 0.1) is 29.5 Å². The molecule has 0 saturated heterocycles. The fourth-order valence-corrected chi connectivity index (χ4v) is 0.215. The molecule has 0 fully saturated rings. The molecule has 0 atom stereocenters. The second-order valence-electron chi connectivity index (χ2n) is 4.45. The number of aliphatic carboxylic acids is 2. The van der Waals surface area contributed by atoms with Crippen LogP contribution in [0.5, 0.6) is 0 Å². The van der Waals surface area contributed by atoms with Crippen LogP contribution < -0.4 is 10.2 Å². The zero-order valence-electron chi connectivity index (χ0n) is 11.5. The minimum atomic E-state index is -1.69.